The quantitative estimate of drug-likeness (QED) is 0.844. The largest absolute Gasteiger partial charge is 0.377 e. The van der Waals surface area contributed by atoms with Crippen LogP contribution in [0.25, 0.3) is 0 Å². The zero-order chi connectivity index (χ0) is 15.2. The van der Waals surface area contributed by atoms with Gasteiger partial charge in [-0.1, -0.05) is 24.6 Å². The predicted molar refractivity (Wildman–Crippen MR) is 82.1 cm³/mol. The Hall–Kier alpha value is -1.59. The van der Waals surface area contributed by atoms with Crippen molar-refractivity contribution in [3.63, 3.8) is 0 Å². The van der Waals surface area contributed by atoms with Crippen LogP contribution < -0.4 is 10.2 Å². The van der Waals surface area contributed by atoms with Gasteiger partial charge in [-0.3, -0.25) is 9.59 Å². The zero-order valence-corrected chi connectivity index (χ0v) is 12.7. The molecule has 5 nitrogen and oxygen atoms in total. The SMILES string of the molecule is CCCNC(=O)C1COCCN1c1cccc(Cl)c1C=O. The van der Waals surface area contributed by atoms with Crippen LogP contribution in [0.5, 0.6) is 0 Å². The Morgan fingerprint density at radius 1 is 1.57 bits per heavy atom. The standard InChI is InChI=1S/C15H19ClN2O3/c1-2-6-17-15(20)14-10-21-8-7-18(14)13-5-3-4-12(16)11(13)9-19/h3-5,9,14H,2,6-8,10H2,1H3,(H,17,20). The second-order valence-corrected chi connectivity index (χ2v) is 5.27. The third-order valence-electron chi connectivity index (χ3n) is 3.44. The number of rotatable bonds is 5. The number of anilines is 1. The fourth-order valence-corrected chi connectivity index (χ4v) is 2.58. The van der Waals surface area contributed by atoms with Gasteiger partial charge in [0.15, 0.2) is 6.29 Å². The summed E-state index contributed by atoms with van der Waals surface area (Å²) < 4.78 is 5.41. The normalized spacial score (nSPS) is 18.4. The number of aldehydes is 1. The minimum atomic E-state index is -0.442. The molecule has 0 radical (unpaired) electrons. The molecule has 0 aromatic heterocycles. The first kappa shape index (κ1) is 15.8. The van der Waals surface area contributed by atoms with E-state index >= 15 is 0 Å². The summed E-state index contributed by atoms with van der Waals surface area (Å²) in [4.78, 5) is 25.5. The number of amides is 1. The molecule has 1 unspecified atom stereocenters. The molecule has 1 saturated heterocycles. The molecule has 0 bridgehead atoms. The van der Waals surface area contributed by atoms with Crippen molar-refractivity contribution in [2.75, 3.05) is 31.2 Å². The lowest BCUT2D eigenvalue weighted by atomic mass is 10.1. The van der Waals surface area contributed by atoms with Crippen LogP contribution in [0.15, 0.2) is 18.2 Å². The monoisotopic (exact) mass is 310 g/mol. The summed E-state index contributed by atoms with van der Waals surface area (Å²) in [6, 6.07) is 4.81. The molecule has 1 aromatic carbocycles. The minimum Gasteiger partial charge on any atom is -0.377 e. The number of hydrogen-bond donors (Lipinski definition) is 1. The summed E-state index contributed by atoms with van der Waals surface area (Å²) in [6.45, 7) is 3.99. The number of carbonyl (C=O) groups excluding carboxylic acids is 2. The number of nitrogens with zero attached hydrogens (tertiary/aromatic N) is 1. The molecule has 1 aliphatic heterocycles. The molecule has 1 aromatic rings. The number of benzene rings is 1. The fourth-order valence-electron chi connectivity index (χ4n) is 2.37. The van der Waals surface area contributed by atoms with Crippen molar-refractivity contribution in [3.05, 3.63) is 28.8 Å². The summed E-state index contributed by atoms with van der Waals surface area (Å²) in [5.41, 5.74) is 1.09. The molecule has 1 atom stereocenters. The van der Waals surface area contributed by atoms with Gasteiger partial charge in [0.1, 0.15) is 6.04 Å². The van der Waals surface area contributed by atoms with Crippen LogP contribution in [-0.4, -0.2) is 44.5 Å². The van der Waals surface area contributed by atoms with Crippen molar-refractivity contribution in [3.8, 4) is 0 Å². The van der Waals surface area contributed by atoms with E-state index in [1.165, 1.54) is 0 Å². The maximum atomic E-state index is 12.3. The van der Waals surface area contributed by atoms with Crippen LogP contribution in [-0.2, 0) is 9.53 Å². The lowest BCUT2D eigenvalue weighted by molar-refractivity contribution is -0.124. The maximum Gasteiger partial charge on any atom is 0.245 e. The Kier molecular flexibility index (Phi) is 5.59. The summed E-state index contributed by atoms with van der Waals surface area (Å²) >= 11 is 6.07. The lowest BCUT2D eigenvalue weighted by Crippen LogP contribution is -2.54. The van der Waals surface area contributed by atoms with Gasteiger partial charge in [0.2, 0.25) is 5.91 Å². The van der Waals surface area contributed by atoms with E-state index in [0.29, 0.717) is 42.6 Å². The molecule has 6 heteroatoms. The van der Waals surface area contributed by atoms with Gasteiger partial charge in [-0.25, -0.2) is 0 Å². The molecular formula is C15H19ClN2O3. The van der Waals surface area contributed by atoms with Crippen molar-refractivity contribution in [2.24, 2.45) is 0 Å². The van der Waals surface area contributed by atoms with Crippen LogP contribution >= 0.6 is 11.6 Å². The smallest absolute Gasteiger partial charge is 0.245 e. The molecular weight excluding hydrogens is 292 g/mol. The predicted octanol–water partition coefficient (Wildman–Crippen LogP) is 1.88. The summed E-state index contributed by atoms with van der Waals surface area (Å²) in [6.07, 6.45) is 1.60. The molecule has 1 amide bonds. The van der Waals surface area contributed by atoms with Crippen LogP contribution in [0.1, 0.15) is 23.7 Å². The highest BCUT2D eigenvalue weighted by Crippen LogP contribution is 2.28. The van der Waals surface area contributed by atoms with E-state index in [1.54, 1.807) is 18.2 Å². The average Bonchev–Trinajstić information content (AvgIpc) is 2.52. The van der Waals surface area contributed by atoms with Gasteiger partial charge >= 0.3 is 0 Å². The van der Waals surface area contributed by atoms with E-state index in [1.807, 2.05) is 11.8 Å². The maximum absolute atomic E-state index is 12.3. The van der Waals surface area contributed by atoms with Gasteiger partial charge < -0.3 is 15.0 Å². The number of morpholine rings is 1. The molecule has 1 N–H and O–H groups in total. The molecule has 1 aliphatic rings. The Labute approximate surface area is 129 Å². The van der Waals surface area contributed by atoms with E-state index in [2.05, 4.69) is 5.32 Å². The van der Waals surface area contributed by atoms with Crippen molar-refractivity contribution in [1.29, 1.82) is 0 Å². The second-order valence-electron chi connectivity index (χ2n) is 4.87. The number of nitrogens with one attached hydrogen (secondary N) is 1. The van der Waals surface area contributed by atoms with E-state index < -0.39 is 6.04 Å². The highest BCUT2D eigenvalue weighted by molar-refractivity contribution is 6.33. The number of ether oxygens (including phenoxy) is 1. The third-order valence-corrected chi connectivity index (χ3v) is 3.77. The first-order valence-corrected chi connectivity index (χ1v) is 7.42. The van der Waals surface area contributed by atoms with Gasteiger partial charge in [-0.05, 0) is 18.6 Å². The highest BCUT2D eigenvalue weighted by Gasteiger charge is 2.31. The van der Waals surface area contributed by atoms with Crippen molar-refractivity contribution in [2.45, 2.75) is 19.4 Å². The van der Waals surface area contributed by atoms with Gasteiger partial charge in [-0.15, -0.1) is 0 Å². The molecule has 21 heavy (non-hydrogen) atoms. The van der Waals surface area contributed by atoms with Crippen molar-refractivity contribution >= 4 is 29.5 Å². The Bertz CT molecular complexity index is 522. The number of carbonyl (C=O) groups is 2. The summed E-state index contributed by atoms with van der Waals surface area (Å²) in [5, 5.41) is 3.26. The minimum absolute atomic E-state index is 0.0895. The van der Waals surface area contributed by atoms with Gasteiger partial charge in [-0.2, -0.15) is 0 Å². The Morgan fingerprint density at radius 2 is 2.38 bits per heavy atom. The summed E-state index contributed by atoms with van der Waals surface area (Å²) in [7, 11) is 0. The van der Waals surface area contributed by atoms with Crippen LogP contribution in [0.4, 0.5) is 5.69 Å². The van der Waals surface area contributed by atoms with E-state index in [-0.39, 0.29) is 5.91 Å². The highest BCUT2D eigenvalue weighted by atomic mass is 35.5. The van der Waals surface area contributed by atoms with Crippen molar-refractivity contribution < 1.29 is 14.3 Å². The van der Waals surface area contributed by atoms with Gasteiger partial charge in [0.25, 0.3) is 0 Å². The topological polar surface area (TPSA) is 58.6 Å². The van der Waals surface area contributed by atoms with Crippen molar-refractivity contribution in [1.82, 2.24) is 5.32 Å². The molecule has 0 spiro atoms. The number of hydrogen-bond acceptors (Lipinski definition) is 4. The third kappa shape index (κ3) is 3.54. The Morgan fingerprint density at radius 3 is 3.10 bits per heavy atom. The zero-order valence-electron chi connectivity index (χ0n) is 12.0. The molecule has 1 heterocycles. The number of halogens is 1. The first-order valence-electron chi connectivity index (χ1n) is 7.04. The second kappa shape index (κ2) is 7.43. The molecule has 1 fully saturated rings. The molecule has 114 valence electrons. The lowest BCUT2D eigenvalue weighted by Gasteiger charge is -2.37. The van der Waals surface area contributed by atoms with Gasteiger partial charge in [0, 0.05) is 18.8 Å². The molecule has 0 aliphatic carbocycles. The molecule has 2 rings (SSSR count). The van der Waals surface area contributed by atoms with E-state index in [0.717, 1.165) is 12.7 Å². The van der Waals surface area contributed by atoms with Crippen LogP contribution in [0.3, 0.4) is 0 Å². The Balaban J connectivity index is 2.28. The summed E-state index contributed by atoms with van der Waals surface area (Å²) in [5.74, 6) is -0.0895. The van der Waals surface area contributed by atoms with Crippen LogP contribution in [0, 0.1) is 0 Å². The van der Waals surface area contributed by atoms with E-state index in [9.17, 15) is 9.59 Å². The molecule has 0 saturated carbocycles. The average molecular weight is 311 g/mol. The fraction of sp³-hybridized carbons (Fsp3) is 0.467. The first-order chi connectivity index (χ1) is 10.2. The van der Waals surface area contributed by atoms with Gasteiger partial charge in [0.05, 0.1) is 23.8 Å². The van der Waals surface area contributed by atoms with E-state index in [4.69, 9.17) is 16.3 Å². The van der Waals surface area contributed by atoms with Crippen LogP contribution in [0.2, 0.25) is 5.02 Å².